The van der Waals surface area contributed by atoms with E-state index in [4.69, 9.17) is 4.98 Å². The number of nitrogens with one attached hydrogen (secondary N) is 1. The Kier molecular flexibility index (Phi) is 7.12. The molecule has 5 aromatic rings. The van der Waals surface area contributed by atoms with Crippen molar-refractivity contribution in [2.24, 2.45) is 0 Å². The van der Waals surface area contributed by atoms with E-state index in [1.807, 2.05) is 104 Å². The molecule has 1 aromatic heterocycles. The molecular formula is C31H22N4OS3. The van der Waals surface area contributed by atoms with Gasteiger partial charge >= 0.3 is 0 Å². The van der Waals surface area contributed by atoms with Crippen LogP contribution in [0.15, 0.2) is 112 Å². The molecule has 0 radical (unpaired) electrons. The van der Waals surface area contributed by atoms with Crippen molar-refractivity contribution in [3.63, 3.8) is 0 Å². The Bertz CT molecular complexity index is 1690. The first kappa shape index (κ1) is 25.3. The fourth-order valence-electron chi connectivity index (χ4n) is 4.29. The number of para-hydroxylation sites is 3. The third-order valence-corrected chi connectivity index (χ3v) is 9.35. The summed E-state index contributed by atoms with van der Waals surface area (Å²) in [5.74, 6) is 0.0717. The summed E-state index contributed by atoms with van der Waals surface area (Å²) in [5.41, 5.74) is 4.99. The van der Waals surface area contributed by atoms with Crippen LogP contribution in [0.2, 0.25) is 0 Å². The molecule has 39 heavy (non-hydrogen) atoms. The molecule has 1 aliphatic heterocycles. The van der Waals surface area contributed by atoms with E-state index in [0.29, 0.717) is 15.6 Å². The molecule has 5 nitrogen and oxygen atoms in total. The van der Waals surface area contributed by atoms with Gasteiger partial charge in [-0.15, -0.1) is 11.3 Å². The number of carbonyl (C=O) groups excluding carboxylic acids is 1. The number of thioether (sulfide) groups is 1. The van der Waals surface area contributed by atoms with E-state index in [9.17, 15) is 10.1 Å². The van der Waals surface area contributed by atoms with E-state index in [2.05, 4.69) is 11.4 Å². The number of benzene rings is 4. The van der Waals surface area contributed by atoms with Crippen molar-refractivity contribution in [2.75, 3.05) is 16.0 Å². The van der Waals surface area contributed by atoms with Crippen molar-refractivity contribution in [3.05, 3.63) is 113 Å². The zero-order valence-electron chi connectivity index (χ0n) is 20.9. The van der Waals surface area contributed by atoms with Crippen molar-refractivity contribution in [3.8, 4) is 6.07 Å². The van der Waals surface area contributed by atoms with Crippen molar-refractivity contribution in [2.45, 2.75) is 16.7 Å². The highest BCUT2D eigenvalue weighted by molar-refractivity contribution is 8.04. The second kappa shape index (κ2) is 11.0. The summed E-state index contributed by atoms with van der Waals surface area (Å²) in [5, 5.41) is 14.9. The maximum Gasteiger partial charge on any atom is 0.242 e. The van der Waals surface area contributed by atoms with Gasteiger partial charge in [0.05, 0.1) is 32.4 Å². The topological polar surface area (TPSA) is 69.0 Å². The van der Waals surface area contributed by atoms with Crippen LogP contribution in [0.25, 0.3) is 15.8 Å². The molecular weight excluding hydrogens is 541 g/mol. The van der Waals surface area contributed by atoms with Crippen LogP contribution in [0.4, 0.5) is 17.1 Å². The van der Waals surface area contributed by atoms with E-state index >= 15 is 0 Å². The second-order valence-electron chi connectivity index (χ2n) is 8.85. The van der Waals surface area contributed by atoms with E-state index in [0.717, 1.165) is 42.6 Å². The number of nitriles is 1. The normalized spacial score (nSPS) is 12.8. The Morgan fingerprint density at radius 2 is 1.56 bits per heavy atom. The van der Waals surface area contributed by atoms with Gasteiger partial charge in [-0.05, 0) is 55.5 Å². The smallest absolute Gasteiger partial charge is 0.242 e. The summed E-state index contributed by atoms with van der Waals surface area (Å²) < 4.78 is 1.01. The third kappa shape index (κ3) is 5.17. The highest BCUT2D eigenvalue weighted by Gasteiger charge is 2.28. The van der Waals surface area contributed by atoms with Gasteiger partial charge in [0, 0.05) is 15.5 Å². The number of fused-ring (bicyclic) bond motifs is 3. The van der Waals surface area contributed by atoms with Crippen LogP contribution in [-0.4, -0.2) is 16.6 Å². The standard InChI is InChI=1S/C31H22N4OS3/c1-20-14-16-21(17-15-20)33-30(22(18-32)31-34-23-8-2-5-11-26(23)39-31)37-19-29(36)35-24-9-3-6-12-27(24)38-28-13-7-4-10-25(28)35/h2-17,33H,19H2,1H3/b30-22+. The van der Waals surface area contributed by atoms with Crippen molar-refractivity contribution < 1.29 is 4.79 Å². The third-order valence-electron chi connectivity index (χ3n) is 6.18. The van der Waals surface area contributed by atoms with Gasteiger partial charge in [0.2, 0.25) is 5.91 Å². The van der Waals surface area contributed by atoms with Crippen LogP contribution < -0.4 is 10.2 Å². The number of thiazole rings is 1. The Hall–Kier alpha value is -4.03. The molecule has 1 N–H and O–H groups in total. The Morgan fingerprint density at radius 1 is 0.923 bits per heavy atom. The van der Waals surface area contributed by atoms with Crippen LogP contribution in [0.5, 0.6) is 0 Å². The average molecular weight is 563 g/mol. The fourth-order valence-corrected chi connectivity index (χ4v) is 7.25. The number of allylic oxidation sites excluding steroid dienone is 1. The van der Waals surface area contributed by atoms with E-state index in [-0.39, 0.29) is 11.7 Å². The molecule has 0 aliphatic carbocycles. The lowest BCUT2D eigenvalue weighted by Gasteiger charge is -2.31. The molecule has 1 amide bonds. The van der Waals surface area contributed by atoms with E-state index < -0.39 is 0 Å². The van der Waals surface area contributed by atoms with Gasteiger partial charge in [-0.3, -0.25) is 9.69 Å². The zero-order chi connectivity index (χ0) is 26.8. The van der Waals surface area contributed by atoms with Gasteiger partial charge in [0.1, 0.15) is 16.6 Å². The minimum atomic E-state index is -0.0648. The SMILES string of the molecule is Cc1ccc(N/C(SCC(=O)N2c3ccccc3Sc3ccccc32)=C(/C#N)c2nc3ccccc3s2)cc1. The van der Waals surface area contributed by atoms with Crippen molar-refractivity contribution in [1.82, 2.24) is 4.98 Å². The maximum atomic E-state index is 13.9. The Labute approximate surface area is 239 Å². The monoisotopic (exact) mass is 562 g/mol. The predicted molar refractivity (Wildman–Crippen MR) is 164 cm³/mol. The summed E-state index contributed by atoms with van der Waals surface area (Å²) in [6, 6.07) is 34.1. The maximum absolute atomic E-state index is 13.9. The summed E-state index contributed by atoms with van der Waals surface area (Å²) in [6.07, 6.45) is 0. The minimum Gasteiger partial charge on any atom is -0.349 e. The minimum absolute atomic E-state index is 0.0648. The first-order chi connectivity index (χ1) is 19.1. The number of hydrogen-bond acceptors (Lipinski definition) is 7. The average Bonchev–Trinajstić information content (AvgIpc) is 3.39. The number of aryl methyl sites for hydroxylation is 1. The first-order valence-electron chi connectivity index (χ1n) is 12.3. The Balaban J connectivity index is 1.36. The van der Waals surface area contributed by atoms with Gasteiger partial charge < -0.3 is 5.32 Å². The number of amides is 1. The molecule has 0 saturated heterocycles. The number of carbonyl (C=O) groups is 1. The van der Waals surface area contributed by atoms with Gasteiger partial charge in [-0.2, -0.15) is 5.26 Å². The molecule has 1 aliphatic rings. The van der Waals surface area contributed by atoms with Crippen LogP contribution in [-0.2, 0) is 4.79 Å². The summed E-state index contributed by atoms with van der Waals surface area (Å²) in [4.78, 5) is 22.5. The number of hydrogen-bond donors (Lipinski definition) is 1. The molecule has 8 heteroatoms. The molecule has 0 bridgehead atoms. The van der Waals surface area contributed by atoms with Gasteiger partial charge in [-0.1, -0.05) is 77.6 Å². The van der Waals surface area contributed by atoms with Crippen LogP contribution >= 0.6 is 34.9 Å². The van der Waals surface area contributed by atoms with Gasteiger partial charge in [-0.25, -0.2) is 4.98 Å². The zero-order valence-corrected chi connectivity index (χ0v) is 23.4. The molecule has 0 atom stereocenters. The molecule has 0 fully saturated rings. The molecule has 0 unspecified atom stereocenters. The number of nitrogens with zero attached hydrogens (tertiary/aromatic N) is 3. The van der Waals surface area contributed by atoms with Gasteiger partial charge in [0.15, 0.2) is 0 Å². The summed E-state index contributed by atoms with van der Waals surface area (Å²) in [7, 11) is 0. The molecule has 2 heterocycles. The highest BCUT2D eigenvalue weighted by Crippen LogP contribution is 2.48. The number of rotatable bonds is 6. The summed E-state index contributed by atoms with van der Waals surface area (Å²) >= 11 is 4.46. The van der Waals surface area contributed by atoms with Crippen LogP contribution in [0.3, 0.4) is 0 Å². The largest absolute Gasteiger partial charge is 0.349 e. The van der Waals surface area contributed by atoms with Crippen molar-refractivity contribution >= 4 is 73.6 Å². The lowest BCUT2D eigenvalue weighted by atomic mass is 10.2. The number of anilines is 3. The van der Waals surface area contributed by atoms with Crippen molar-refractivity contribution in [1.29, 1.82) is 5.26 Å². The van der Waals surface area contributed by atoms with Crippen LogP contribution in [0.1, 0.15) is 10.6 Å². The number of aromatic nitrogens is 1. The second-order valence-corrected chi connectivity index (χ2v) is 11.9. The lowest BCUT2D eigenvalue weighted by Crippen LogP contribution is -2.30. The molecule has 0 spiro atoms. The quantitative estimate of drug-likeness (QED) is 0.209. The molecule has 190 valence electrons. The van der Waals surface area contributed by atoms with E-state index in [1.54, 1.807) is 16.7 Å². The van der Waals surface area contributed by atoms with E-state index in [1.165, 1.54) is 23.1 Å². The van der Waals surface area contributed by atoms with Crippen LogP contribution in [0, 0.1) is 18.3 Å². The summed E-state index contributed by atoms with van der Waals surface area (Å²) in [6.45, 7) is 2.03. The lowest BCUT2D eigenvalue weighted by molar-refractivity contribution is -0.115. The molecule has 4 aromatic carbocycles. The first-order valence-corrected chi connectivity index (χ1v) is 14.9. The fraction of sp³-hybridized carbons (Fsp3) is 0.0645. The highest BCUT2D eigenvalue weighted by atomic mass is 32.2. The predicted octanol–water partition coefficient (Wildman–Crippen LogP) is 8.47. The molecule has 0 saturated carbocycles. The van der Waals surface area contributed by atoms with Gasteiger partial charge in [0.25, 0.3) is 0 Å². The molecule has 6 rings (SSSR count). The Morgan fingerprint density at radius 3 is 2.23 bits per heavy atom.